The van der Waals surface area contributed by atoms with Gasteiger partial charge < -0.3 is 10.6 Å². The topological polar surface area (TPSA) is 49.8 Å². The van der Waals surface area contributed by atoms with Crippen LogP contribution in [0.4, 0.5) is 30.5 Å². The molecule has 0 aliphatic rings. The van der Waals surface area contributed by atoms with Crippen LogP contribution in [0.3, 0.4) is 0 Å². The highest BCUT2D eigenvalue weighted by molar-refractivity contribution is 5.59. The smallest absolute Gasteiger partial charge is 0.366 e. The second-order valence-electron chi connectivity index (χ2n) is 6.23. The monoisotopic (exact) mass is 372 g/mol. The van der Waals surface area contributed by atoms with E-state index in [1.807, 2.05) is 25.1 Å². The summed E-state index contributed by atoms with van der Waals surface area (Å²) in [5, 5.41) is 6.26. The number of anilines is 3. The minimum Gasteiger partial charge on any atom is -0.366 e. The van der Waals surface area contributed by atoms with E-state index in [-0.39, 0.29) is 0 Å². The molecule has 0 aliphatic carbocycles. The maximum atomic E-state index is 12.7. The van der Waals surface area contributed by atoms with Crippen molar-refractivity contribution in [3.05, 3.63) is 77.1 Å². The van der Waals surface area contributed by atoms with Crippen LogP contribution in [0.2, 0.25) is 0 Å². The first-order valence-electron chi connectivity index (χ1n) is 8.39. The number of hydrogen-bond donors (Lipinski definition) is 2. The van der Waals surface area contributed by atoms with Gasteiger partial charge in [-0.05, 0) is 43.7 Å². The van der Waals surface area contributed by atoms with Crippen molar-refractivity contribution in [1.82, 2.24) is 9.97 Å². The molecule has 0 amide bonds. The molecule has 0 fully saturated rings. The van der Waals surface area contributed by atoms with E-state index < -0.39 is 11.7 Å². The normalized spacial score (nSPS) is 11.3. The van der Waals surface area contributed by atoms with Gasteiger partial charge in [-0.3, -0.25) is 0 Å². The van der Waals surface area contributed by atoms with Gasteiger partial charge in [-0.25, -0.2) is 9.97 Å². The molecule has 7 heteroatoms. The molecule has 0 saturated carbocycles. The summed E-state index contributed by atoms with van der Waals surface area (Å²) in [7, 11) is 0. The van der Waals surface area contributed by atoms with Crippen molar-refractivity contribution in [2.75, 3.05) is 10.6 Å². The van der Waals surface area contributed by atoms with Gasteiger partial charge >= 0.3 is 6.18 Å². The molecule has 27 heavy (non-hydrogen) atoms. The van der Waals surface area contributed by atoms with Crippen LogP contribution in [-0.4, -0.2) is 9.97 Å². The highest BCUT2D eigenvalue weighted by Crippen LogP contribution is 2.30. The molecule has 0 radical (unpaired) electrons. The summed E-state index contributed by atoms with van der Waals surface area (Å²) in [6.45, 7) is 4.40. The molecule has 0 atom stereocenters. The maximum absolute atomic E-state index is 12.7. The van der Waals surface area contributed by atoms with Crippen LogP contribution in [0, 0.1) is 13.8 Å². The highest BCUT2D eigenvalue weighted by Gasteiger charge is 2.29. The first-order chi connectivity index (χ1) is 12.8. The van der Waals surface area contributed by atoms with Gasteiger partial charge in [0, 0.05) is 18.3 Å². The summed E-state index contributed by atoms with van der Waals surface area (Å²) in [5.41, 5.74) is 2.14. The summed E-state index contributed by atoms with van der Waals surface area (Å²) in [6, 6.07) is 14.7. The molecule has 1 aromatic heterocycles. The fraction of sp³-hybridized carbons (Fsp3) is 0.200. The van der Waals surface area contributed by atoms with E-state index in [9.17, 15) is 13.2 Å². The Morgan fingerprint density at radius 1 is 0.889 bits per heavy atom. The fourth-order valence-corrected chi connectivity index (χ4v) is 2.63. The van der Waals surface area contributed by atoms with Crippen LogP contribution in [0.5, 0.6) is 0 Å². The van der Waals surface area contributed by atoms with Gasteiger partial charge in [0.05, 0.1) is 5.56 Å². The molecule has 0 bridgehead atoms. The first-order valence-corrected chi connectivity index (χ1v) is 8.39. The van der Waals surface area contributed by atoms with Gasteiger partial charge in [-0.2, -0.15) is 13.2 Å². The summed E-state index contributed by atoms with van der Waals surface area (Å²) >= 11 is 0. The quantitative estimate of drug-likeness (QED) is 0.624. The second-order valence-corrected chi connectivity index (χ2v) is 6.23. The lowest BCUT2D eigenvalue weighted by atomic mass is 10.1. The SMILES string of the molecule is Cc1cccc(CNc2cc(Nc3ccc(C(F)(F)F)cc3)nc(C)n2)c1. The first kappa shape index (κ1) is 18.7. The Bertz CT molecular complexity index is 921. The van der Waals surface area contributed by atoms with E-state index in [4.69, 9.17) is 0 Å². The zero-order chi connectivity index (χ0) is 19.4. The predicted octanol–water partition coefficient (Wildman–Crippen LogP) is 5.47. The van der Waals surface area contributed by atoms with Crippen molar-refractivity contribution in [2.45, 2.75) is 26.6 Å². The predicted molar refractivity (Wildman–Crippen MR) is 100 cm³/mol. The van der Waals surface area contributed by atoms with Gasteiger partial charge in [0.2, 0.25) is 0 Å². The Hall–Kier alpha value is -3.09. The summed E-state index contributed by atoms with van der Waals surface area (Å²) in [4.78, 5) is 8.63. The summed E-state index contributed by atoms with van der Waals surface area (Å²) < 4.78 is 38.0. The Morgan fingerprint density at radius 3 is 2.26 bits per heavy atom. The molecule has 0 unspecified atom stereocenters. The van der Waals surface area contributed by atoms with Crippen molar-refractivity contribution in [1.29, 1.82) is 0 Å². The number of hydrogen-bond acceptors (Lipinski definition) is 4. The minimum atomic E-state index is -4.35. The van der Waals surface area contributed by atoms with Crippen LogP contribution < -0.4 is 10.6 Å². The van der Waals surface area contributed by atoms with Crippen LogP contribution in [0.25, 0.3) is 0 Å². The van der Waals surface area contributed by atoms with Gasteiger partial charge in [-0.1, -0.05) is 29.8 Å². The summed E-state index contributed by atoms with van der Waals surface area (Å²) in [6.07, 6.45) is -4.35. The zero-order valence-corrected chi connectivity index (χ0v) is 14.9. The third-order valence-corrected chi connectivity index (χ3v) is 3.88. The van der Waals surface area contributed by atoms with Gasteiger partial charge in [0.25, 0.3) is 0 Å². The number of halogens is 3. The molecule has 0 saturated heterocycles. The molecular weight excluding hydrogens is 353 g/mol. The van der Waals surface area contributed by atoms with Crippen molar-refractivity contribution in [3.63, 3.8) is 0 Å². The molecule has 4 nitrogen and oxygen atoms in total. The molecular formula is C20H19F3N4. The van der Waals surface area contributed by atoms with Gasteiger partial charge in [0.1, 0.15) is 17.5 Å². The van der Waals surface area contributed by atoms with Crippen molar-refractivity contribution >= 4 is 17.3 Å². The Balaban J connectivity index is 1.71. The fourth-order valence-electron chi connectivity index (χ4n) is 2.63. The average Bonchev–Trinajstić information content (AvgIpc) is 2.59. The van der Waals surface area contributed by atoms with Crippen molar-refractivity contribution in [2.24, 2.45) is 0 Å². The number of nitrogens with zero attached hydrogens (tertiary/aromatic N) is 2. The molecule has 3 rings (SSSR count). The van der Waals surface area contributed by atoms with E-state index >= 15 is 0 Å². The lowest BCUT2D eigenvalue weighted by Gasteiger charge is -2.12. The van der Waals surface area contributed by atoms with E-state index in [1.54, 1.807) is 13.0 Å². The van der Waals surface area contributed by atoms with Crippen molar-refractivity contribution < 1.29 is 13.2 Å². The molecule has 2 aromatic carbocycles. The van der Waals surface area contributed by atoms with E-state index in [0.717, 1.165) is 17.7 Å². The van der Waals surface area contributed by atoms with Crippen LogP contribution in [0.15, 0.2) is 54.6 Å². The maximum Gasteiger partial charge on any atom is 0.416 e. The number of alkyl halides is 3. The van der Waals surface area contributed by atoms with Gasteiger partial charge in [-0.15, -0.1) is 0 Å². The molecule has 0 spiro atoms. The summed E-state index contributed by atoms with van der Waals surface area (Å²) in [5.74, 6) is 1.70. The molecule has 2 N–H and O–H groups in total. The highest BCUT2D eigenvalue weighted by atomic mass is 19.4. The molecule has 140 valence electrons. The van der Waals surface area contributed by atoms with Crippen LogP contribution in [-0.2, 0) is 12.7 Å². The van der Waals surface area contributed by atoms with E-state index in [2.05, 4.69) is 26.7 Å². The molecule has 0 aliphatic heterocycles. The largest absolute Gasteiger partial charge is 0.416 e. The average molecular weight is 372 g/mol. The zero-order valence-electron chi connectivity index (χ0n) is 14.9. The third-order valence-electron chi connectivity index (χ3n) is 3.88. The lowest BCUT2D eigenvalue weighted by molar-refractivity contribution is -0.137. The van der Waals surface area contributed by atoms with Crippen LogP contribution in [0.1, 0.15) is 22.5 Å². The van der Waals surface area contributed by atoms with E-state index in [0.29, 0.717) is 29.7 Å². The van der Waals surface area contributed by atoms with Gasteiger partial charge in [0.15, 0.2) is 0 Å². The van der Waals surface area contributed by atoms with Crippen LogP contribution >= 0.6 is 0 Å². The third kappa shape index (κ3) is 5.20. The number of benzene rings is 2. The minimum absolute atomic E-state index is 0.508. The standard InChI is InChI=1S/C20H19F3N4/c1-13-4-3-5-15(10-13)12-24-18-11-19(26-14(2)25-18)27-17-8-6-16(7-9-17)20(21,22)23/h3-11H,12H2,1-2H3,(H2,24,25,26,27). The number of rotatable bonds is 5. The number of aryl methyl sites for hydroxylation is 2. The van der Waals surface area contributed by atoms with E-state index in [1.165, 1.54) is 17.7 Å². The van der Waals surface area contributed by atoms with Crippen molar-refractivity contribution in [3.8, 4) is 0 Å². The lowest BCUT2D eigenvalue weighted by Crippen LogP contribution is -2.06. The number of aromatic nitrogens is 2. The Morgan fingerprint density at radius 2 is 1.59 bits per heavy atom. The Kier molecular flexibility index (Phi) is 5.30. The Labute approximate surface area is 155 Å². The molecule has 3 aromatic rings. The number of nitrogens with one attached hydrogen (secondary N) is 2. The molecule has 1 heterocycles. The second kappa shape index (κ2) is 7.65.